The van der Waals surface area contributed by atoms with Crippen LogP contribution in [0.25, 0.3) is 0 Å². The third kappa shape index (κ3) is 5.15. The molecule has 1 fully saturated rings. The first-order chi connectivity index (χ1) is 17.2. The third-order valence-corrected chi connectivity index (χ3v) is 7.37. The molecule has 0 spiro atoms. The molecular weight excluding hydrogens is 452 g/mol. The van der Waals surface area contributed by atoms with Gasteiger partial charge in [-0.25, -0.2) is 5.43 Å². The van der Waals surface area contributed by atoms with Crippen LogP contribution in [0.5, 0.6) is 5.75 Å². The van der Waals surface area contributed by atoms with E-state index in [4.69, 9.17) is 4.74 Å². The van der Waals surface area contributed by atoms with Crippen molar-refractivity contribution >= 4 is 23.7 Å². The molecule has 0 aliphatic carbocycles. The molecule has 190 valence electrons. The molecule has 0 saturated carbocycles. The number of nitrogens with zero attached hydrogens (tertiary/aromatic N) is 3. The molecule has 2 aromatic carbocycles. The second-order valence-electron chi connectivity index (χ2n) is 10.2. The molecule has 2 heterocycles. The van der Waals surface area contributed by atoms with E-state index in [0.29, 0.717) is 11.3 Å². The van der Waals surface area contributed by atoms with Crippen LogP contribution in [0.4, 0.5) is 5.69 Å². The van der Waals surface area contributed by atoms with Crippen molar-refractivity contribution < 1.29 is 14.3 Å². The molecule has 2 atom stereocenters. The molecule has 1 N–H and O–H groups in total. The monoisotopic (exact) mass is 488 g/mol. The summed E-state index contributed by atoms with van der Waals surface area (Å²) in [6.45, 7) is 8.53. The van der Waals surface area contributed by atoms with Crippen LogP contribution >= 0.6 is 0 Å². The average molecular weight is 489 g/mol. The van der Waals surface area contributed by atoms with Gasteiger partial charge in [0.1, 0.15) is 5.75 Å². The van der Waals surface area contributed by atoms with E-state index in [-0.39, 0.29) is 35.9 Å². The fourth-order valence-corrected chi connectivity index (χ4v) is 5.41. The lowest BCUT2D eigenvalue weighted by atomic mass is 9.84. The maximum atomic E-state index is 12.6. The minimum absolute atomic E-state index is 0.000780. The highest BCUT2D eigenvalue weighted by Gasteiger charge is 2.37. The molecule has 0 bridgehead atoms. The summed E-state index contributed by atoms with van der Waals surface area (Å²) in [5, 5.41) is 4.11. The van der Waals surface area contributed by atoms with E-state index in [1.54, 1.807) is 30.5 Å². The third-order valence-electron chi connectivity index (χ3n) is 7.37. The van der Waals surface area contributed by atoms with Gasteiger partial charge in [0.25, 0.3) is 11.8 Å². The fourth-order valence-electron chi connectivity index (χ4n) is 5.41. The summed E-state index contributed by atoms with van der Waals surface area (Å²) >= 11 is 0. The van der Waals surface area contributed by atoms with Gasteiger partial charge < -0.3 is 14.5 Å². The molecule has 7 nitrogen and oxygen atoms in total. The number of fused-ring (bicyclic) bond motifs is 1. The topological polar surface area (TPSA) is 74.2 Å². The van der Waals surface area contributed by atoms with Gasteiger partial charge in [0.05, 0.1) is 0 Å². The Hall–Kier alpha value is -3.61. The molecule has 2 amide bonds. The van der Waals surface area contributed by atoms with Crippen LogP contribution in [0.3, 0.4) is 0 Å². The number of benzene rings is 2. The van der Waals surface area contributed by atoms with E-state index in [2.05, 4.69) is 61.3 Å². The maximum Gasteiger partial charge on any atom is 0.271 e. The lowest BCUT2D eigenvalue weighted by Gasteiger charge is -2.38. The summed E-state index contributed by atoms with van der Waals surface area (Å²) in [7, 11) is 2.04. The van der Waals surface area contributed by atoms with Crippen molar-refractivity contribution in [2.24, 2.45) is 5.10 Å². The van der Waals surface area contributed by atoms with Gasteiger partial charge >= 0.3 is 0 Å². The van der Waals surface area contributed by atoms with Crippen LogP contribution in [-0.4, -0.2) is 48.7 Å². The summed E-state index contributed by atoms with van der Waals surface area (Å²) in [4.78, 5) is 29.2. The van der Waals surface area contributed by atoms with E-state index >= 15 is 0 Å². The first kappa shape index (κ1) is 25.5. The highest BCUT2D eigenvalue weighted by atomic mass is 16.5. The predicted octanol–water partition coefficient (Wildman–Crippen LogP) is 4.88. The van der Waals surface area contributed by atoms with Gasteiger partial charge in [-0.3, -0.25) is 9.59 Å². The number of likely N-dealkylation sites (N-methyl/N-ethyl adjacent to an activating group) is 1. The van der Waals surface area contributed by atoms with Gasteiger partial charge in [-0.2, -0.15) is 5.10 Å². The molecule has 2 aliphatic rings. The van der Waals surface area contributed by atoms with E-state index in [1.165, 1.54) is 11.3 Å². The molecular formula is C29H36N4O3. The SMILES string of the molecule is CC1CCCC(C)N1C(=O)COc1ccc(C(=O)N/N=C/C=C2/N(C)c3ccccc3C2(C)C)cc1. The smallest absolute Gasteiger partial charge is 0.271 e. The van der Waals surface area contributed by atoms with E-state index in [9.17, 15) is 9.59 Å². The number of piperidine rings is 1. The molecule has 2 aliphatic heterocycles. The number of hydrogen-bond donors (Lipinski definition) is 1. The maximum absolute atomic E-state index is 12.6. The van der Waals surface area contributed by atoms with Crippen molar-refractivity contribution in [1.82, 2.24) is 10.3 Å². The normalized spacial score (nSPS) is 22.1. The molecule has 7 heteroatoms. The zero-order valence-corrected chi connectivity index (χ0v) is 21.8. The van der Waals surface area contributed by atoms with E-state index in [1.807, 2.05) is 24.1 Å². The summed E-state index contributed by atoms with van der Waals surface area (Å²) in [5.41, 5.74) is 6.43. The Morgan fingerprint density at radius 2 is 1.75 bits per heavy atom. The summed E-state index contributed by atoms with van der Waals surface area (Å²) in [5.74, 6) is 0.237. The van der Waals surface area contributed by atoms with Crippen LogP contribution in [0.1, 0.15) is 62.9 Å². The Morgan fingerprint density at radius 1 is 1.08 bits per heavy atom. The number of carbonyl (C=O) groups excluding carboxylic acids is 2. The van der Waals surface area contributed by atoms with Crippen molar-refractivity contribution in [3.8, 4) is 5.75 Å². The number of para-hydroxylation sites is 1. The number of nitrogens with one attached hydrogen (secondary N) is 1. The predicted molar refractivity (Wildman–Crippen MR) is 143 cm³/mol. The van der Waals surface area contributed by atoms with Gasteiger partial charge in [0, 0.05) is 47.7 Å². The molecule has 2 unspecified atom stereocenters. The molecule has 2 aromatic rings. The van der Waals surface area contributed by atoms with Gasteiger partial charge in [-0.05, 0) is 75.1 Å². The van der Waals surface area contributed by atoms with Crippen LogP contribution in [0, 0.1) is 0 Å². The lowest BCUT2D eigenvalue weighted by Crippen LogP contribution is -2.49. The number of hydrazone groups is 1. The van der Waals surface area contributed by atoms with Crippen molar-refractivity contribution in [2.75, 3.05) is 18.6 Å². The first-order valence-corrected chi connectivity index (χ1v) is 12.6. The highest BCUT2D eigenvalue weighted by molar-refractivity contribution is 5.94. The number of amides is 2. The van der Waals surface area contributed by atoms with E-state index in [0.717, 1.165) is 25.0 Å². The number of allylic oxidation sites excluding steroid dienone is 2. The number of likely N-dealkylation sites (tertiary alicyclic amines) is 1. The summed E-state index contributed by atoms with van der Waals surface area (Å²) < 4.78 is 5.70. The first-order valence-electron chi connectivity index (χ1n) is 12.6. The lowest BCUT2D eigenvalue weighted by molar-refractivity contribution is -0.139. The minimum Gasteiger partial charge on any atom is -0.484 e. The van der Waals surface area contributed by atoms with Gasteiger partial charge in [-0.15, -0.1) is 0 Å². The standard InChI is InChI=1S/C29H36N4O3/c1-20-9-8-10-21(2)33(20)27(34)19-36-23-15-13-22(14-16-23)28(35)31-30-18-17-26-29(3,4)24-11-6-7-12-25(24)32(26)5/h6-7,11-18,20-21H,8-10,19H2,1-5H3,(H,31,35)/b26-17+,30-18+. The second kappa shape index (κ2) is 10.6. The zero-order chi connectivity index (χ0) is 25.9. The van der Waals surface area contributed by atoms with Gasteiger partial charge in [-0.1, -0.05) is 32.0 Å². The largest absolute Gasteiger partial charge is 0.484 e. The molecule has 36 heavy (non-hydrogen) atoms. The van der Waals surface area contributed by atoms with Crippen molar-refractivity contribution in [3.05, 3.63) is 71.4 Å². The van der Waals surface area contributed by atoms with Gasteiger partial charge in [0.15, 0.2) is 6.61 Å². The number of hydrogen-bond acceptors (Lipinski definition) is 5. The van der Waals surface area contributed by atoms with Crippen LogP contribution in [0.15, 0.2) is 65.4 Å². The number of anilines is 1. The number of rotatable bonds is 6. The van der Waals surface area contributed by atoms with Crippen molar-refractivity contribution in [2.45, 2.75) is 64.5 Å². The second-order valence-corrected chi connectivity index (χ2v) is 10.2. The van der Waals surface area contributed by atoms with Crippen molar-refractivity contribution in [1.29, 1.82) is 0 Å². The van der Waals surface area contributed by atoms with Gasteiger partial charge in [0.2, 0.25) is 0 Å². The molecule has 1 saturated heterocycles. The van der Waals surface area contributed by atoms with Crippen molar-refractivity contribution in [3.63, 3.8) is 0 Å². The summed E-state index contributed by atoms with van der Waals surface area (Å²) in [6.07, 6.45) is 6.76. The highest BCUT2D eigenvalue weighted by Crippen LogP contribution is 2.46. The minimum atomic E-state index is -0.314. The zero-order valence-electron chi connectivity index (χ0n) is 21.8. The molecule has 0 radical (unpaired) electrons. The molecule has 4 rings (SSSR count). The Balaban J connectivity index is 1.30. The molecule has 0 aromatic heterocycles. The fraction of sp³-hybridized carbons (Fsp3) is 0.414. The summed E-state index contributed by atoms with van der Waals surface area (Å²) in [6, 6.07) is 15.5. The van der Waals surface area contributed by atoms with Crippen LogP contribution < -0.4 is 15.1 Å². The Labute approximate surface area is 213 Å². The Morgan fingerprint density at radius 3 is 2.42 bits per heavy atom. The number of carbonyl (C=O) groups is 2. The van der Waals surface area contributed by atoms with E-state index < -0.39 is 0 Å². The quantitative estimate of drug-likeness (QED) is 0.465. The van der Waals surface area contributed by atoms with Crippen LogP contribution in [0.2, 0.25) is 0 Å². The Kier molecular flexibility index (Phi) is 7.48. The average Bonchev–Trinajstić information content (AvgIpc) is 3.05. The number of ether oxygens (including phenoxy) is 1. The Bertz CT molecular complexity index is 1160. The van der Waals surface area contributed by atoms with Crippen LogP contribution in [-0.2, 0) is 10.2 Å².